The smallest absolute Gasteiger partial charge is 0.250 e. The first-order chi connectivity index (χ1) is 18.4. The molecule has 3 aromatic carbocycles. The van der Waals surface area contributed by atoms with Crippen molar-refractivity contribution in [2.24, 2.45) is 5.10 Å². The highest BCUT2D eigenvalue weighted by Crippen LogP contribution is 2.41. The fraction of sp³-hybridized carbons (Fsp3) is 0.185. The summed E-state index contributed by atoms with van der Waals surface area (Å²) in [5.74, 6) is 1.84. The molecule has 0 unspecified atom stereocenters. The van der Waals surface area contributed by atoms with Crippen LogP contribution in [0.15, 0.2) is 77.0 Å². The molecule has 4 aromatic rings. The summed E-state index contributed by atoms with van der Waals surface area (Å²) in [5.41, 5.74) is 5.34. The van der Waals surface area contributed by atoms with E-state index < -0.39 is 0 Å². The number of nitrogens with zero attached hydrogens (tertiary/aromatic N) is 4. The fourth-order valence-corrected chi connectivity index (χ4v) is 4.42. The normalized spacial score (nSPS) is 11.2. The first-order valence-corrected chi connectivity index (χ1v) is 12.5. The SMILES string of the molecule is COc1cc(-c2nnc(SCC(=O)N/N=C(\C)c3cccc(O)c3)n2-c2ccccc2)cc(OC)c1OC. The van der Waals surface area contributed by atoms with Gasteiger partial charge in [-0.15, -0.1) is 10.2 Å². The van der Waals surface area contributed by atoms with Crippen LogP contribution in [0.5, 0.6) is 23.0 Å². The number of hydrazone groups is 1. The fourth-order valence-electron chi connectivity index (χ4n) is 3.67. The molecule has 0 atom stereocenters. The van der Waals surface area contributed by atoms with E-state index in [1.54, 1.807) is 64.7 Å². The molecule has 0 saturated heterocycles. The van der Waals surface area contributed by atoms with Crippen LogP contribution in [0.2, 0.25) is 0 Å². The standard InChI is InChI=1S/C27H27N5O5S/c1-17(18-9-8-12-21(33)13-18)28-29-24(34)16-38-27-31-30-26(32(27)20-10-6-5-7-11-20)19-14-22(35-2)25(37-4)23(15-19)36-3/h5-15,33H,16H2,1-4H3,(H,29,34)/b28-17+. The first kappa shape index (κ1) is 26.6. The van der Waals surface area contributed by atoms with E-state index in [1.807, 2.05) is 34.9 Å². The number of carbonyl (C=O) groups is 1. The van der Waals surface area contributed by atoms with Crippen molar-refractivity contribution in [2.45, 2.75) is 12.1 Å². The van der Waals surface area contributed by atoms with Gasteiger partial charge in [0.2, 0.25) is 5.75 Å². The van der Waals surface area contributed by atoms with E-state index in [1.165, 1.54) is 11.8 Å². The molecule has 1 aromatic heterocycles. The Balaban J connectivity index is 1.61. The van der Waals surface area contributed by atoms with Crippen LogP contribution in [0.4, 0.5) is 0 Å². The Hall–Kier alpha value is -4.51. The number of phenols is 1. The van der Waals surface area contributed by atoms with Crippen LogP contribution < -0.4 is 19.6 Å². The number of hydrogen-bond acceptors (Lipinski definition) is 9. The van der Waals surface area contributed by atoms with Gasteiger partial charge in [0.15, 0.2) is 22.5 Å². The zero-order valence-electron chi connectivity index (χ0n) is 21.3. The predicted molar refractivity (Wildman–Crippen MR) is 146 cm³/mol. The number of thioether (sulfide) groups is 1. The highest BCUT2D eigenvalue weighted by atomic mass is 32.2. The Morgan fingerprint density at radius 3 is 2.32 bits per heavy atom. The van der Waals surface area contributed by atoms with Crippen LogP contribution in [0, 0.1) is 0 Å². The van der Waals surface area contributed by atoms with Crippen molar-refractivity contribution >= 4 is 23.4 Å². The number of carbonyl (C=O) groups excluding carboxylic acids is 1. The minimum absolute atomic E-state index is 0.0526. The number of amides is 1. The van der Waals surface area contributed by atoms with Crippen molar-refractivity contribution in [3.8, 4) is 40.1 Å². The maximum absolute atomic E-state index is 12.6. The molecule has 0 aliphatic carbocycles. The Labute approximate surface area is 224 Å². The highest BCUT2D eigenvalue weighted by Gasteiger charge is 2.21. The molecule has 196 valence electrons. The van der Waals surface area contributed by atoms with Gasteiger partial charge in [-0.05, 0) is 43.3 Å². The summed E-state index contributed by atoms with van der Waals surface area (Å²) in [4.78, 5) is 12.6. The average molecular weight is 534 g/mol. The minimum atomic E-state index is -0.313. The summed E-state index contributed by atoms with van der Waals surface area (Å²) in [5, 5.41) is 23.1. The van der Waals surface area contributed by atoms with Gasteiger partial charge in [-0.3, -0.25) is 9.36 Å². The van der Waals surface area contributed by atoms with Gasteiger partial charge in [-0.1, -0.05) is 42.1 Å². The second kappa shape index (κ2) is 12.2. The van der Waals surface area contributed by atoms with Crippen LogP contribution in [-0.2, 0) is 4.79 Å². The summed E-state index contributed by atoms with van der Waals surface area (Å²) in [6, 6.07) is 19.8. The van der Waals surface area contributed by atoms with Crippen LogP contribution >= 0.6 is 11.8 Å². The van der Waals surface area contributed by atoms with Crippen molar-refractivity contribution in [2.75, 3.05) is 27.1 Å². The molecule has 1 heterocycles. The molecule has 0 fully saturated rings. The first-order valence-electron chi connectivity index (χ1n) is 11.5. The summed E-state index contributed by atoms with van der Waals surface area (Å²) < 4.78 is 18.3. The third kappa shape index (κ3) is 5.89. The van der Waals surface area contributed by atoms with Crippen LogP contribution in [0.1, 0.15) is 12.5 Å². The molecule has 0 saturated carbocycles. The molecule has 2 N–H and O–H groups in total. The van der Waals surface area contributed by atoms with Crippen LogP contribution in [-0.4, -0.2) is 58.6 Å². The number of benzene rings is 3. The third-order valence-corrected chi connectivity index (χ3v) is 6.44. The number of rotatable bonds is 10. The van der Waals surface area contributed by atoms with E-state index in [9.17, 15) is 9.90 Å². The van der Waals surface area contributed by atoms with E-state index in [-0.39, 0.29) is 17.4 Å². The second-order valence-electron chi connectivity index (χ2n) is 7.96. The quantitative estimate of drug-likeness (QED) is 0.176. The molecular weight excluding hydrogens is 506 g/mol. The van der Waals surface area contributed by atoms with E-state index in [0.29, 0.717) is 45.1 Å². The van der Waals surface area contributed by atoms with E-state index in [0.717, 1.165) is 5.69 Å². The largest absolute Gasteiger partial charge is 0.508 e. The number of phenolic OH excluding ortho intramolecular Hbond substituents is 1. The average Bonchev–Trinajstić information content (AvgIpc) is 3.38. The Kier molecular flexibility index (Phi) is 8.49. The number of aromatic hydroxyl groups is 1. The second-order valence-corrected chi connectivity index (χ2v) is 8.90. The molecule has 11 heteroatoms. The van der Waals surface area contributed by atoms with Gasteiger partial charge < -0.3 is 19.3 Å². The topological polar surface area (TPSA) is 120 Å². The predicted octanol–water partition coefficient (Wildman–Crippen LogP) is 4.30. The van der Waals surface area contributed by atoms with Gasteiger partial charge in [-0.25, -0.2) is 5.43 Å². The maximum atomic E-state index is 12.6. The number of ether oxygens (including phenoxy) is 3. The summed E-state index contributed by atoms with van der Waals surface area (Å²) in [6.07, 6.45) is 0. The van der Waals surface area contributed by atoms with E-state index in [2.05, 4.69) is 20.7 Å². The van der Waals surface area contributed by atoms with Crippen molar-refractivity contribution in [1.29, 1.82) is 0 Å². The lowest BCUT2D eigenvalue weighted by Crippen LogP contribution is -2.21. The van der Waals surface area contributed by atoms with E-state index >= 15 is 0 Å². The number of aromatic nitrogens is 3. The lowest BCUT2D eigenvalue weighted by atomic mass is 10.1. The van der Waals surface area contributed by atoms with Crippen molar-refractivity contribution in [3.63, 3.8) is 0 Å². The molecule has 0 aliphatic rings. The molecule has 38 heavy (non-hydrogen) atoms. The number of nitrogens with one attached hydrogen (secondary N) is 1. The van der Waals surface area contributed by atoms with Crippen LogP contribution in [0.25, 0.3) is 17.1 Å². The summed E-state index contributed by atoms with van der Waals surface area (Å²) >= 11 is 1.22. The molecule has 10 nitrogen and oxygen atoms in total. The monoisotopic (exact) mass is 533 g/mol. The van der Waals surface area contributed by atoms with Crippen molar-refractivity contribution in [1.82, 2.24) is 20.2 Å². The third-order valence-electron chi connectivity index (χ3n) is 5.52. The van der Waals surface area contributed by atoms with Gasteiger partial charge in [0.1, 0.15) is 5.75 Å². The summed E-state index contributed by atoms with van der Waals surface area (Å²) in [7, 11) is 4.64. The number of methoxy groups -OCH3 is 3. The van der Waals surface area contributed by atoms with Gasteiger partial charge >= 0.3 is 0 Å². The molecule has 0 bridgehead atoms. The molecule has 0 aliphatic heterocycles. The maximum Gasteiger partial charge on any atom is 0.250 e. The van der Waals surface area contributed by atoms with Gasteiger partial charge in [0, 0.05) is 16.8 Å². The molecule has 0 radical (unpaired) electrons. The number of hydrogen-bond donors (Lipinski definition) is 2. The van der Waals surface area contributed by atoms with Crippen LogP contribution in [0.3, 0.4) is 0 Å². The van der Waals surface area contributed by atoms with Crippen molar-refractivity contribution < 1.29 is 24.1 Å². The Morgan fingerprint density at radius 2 is 1.68 bits per heavy atom. The van der Waals surface area contributed by atoms with Crippen molar-refractivity contribution in [3.05, 3.63) is 72.3 Å². The van der Waals surface area contributed by atoms with Gasteiger partial charge in [0.05, 0.1) is 32.8 Å². The zero-order chi connectivity index (χ0) is 27.1. The molecule has 0 spiro atoms. The van der Waals surface area contributed by atoms with Gasteiger partial charge in [-0.2, -0.15) is 5.10 Å². The Bertz CT molecular complexity index is 1430. The lowest BCUT2D eigenvalue weighted by Gasteiger charge is -2.15. The van der Waals surface area contributed by atoms with Gasteiger partial charge in [0.25, 0.3) is 5.91 Å². The number of para-hydroxylation sites is 1. The molecule has 1 amide bonds. The minimum Gasteiger partial charge on any atom is -0.508 e. The highest BCUT2D eigenvalue weighted by molar-refractivity contribution is 7.99. The molecular formula is C27H27N5O5S. The Morgan fingerprint density at radius 1 is 0.974 bits per heavy atom. The zero-order valence-corrected chi connectivity index (χ0v) is 22.2. The molecule has 4 rings (SSSR count). The summed E-state index contributed by atoms with van der Waals surface area (Å²) in [6.45, 7) is 1.75. The lowest BCUT2D eigenvalue weighted by molar-refractivity contribution is -0.118. The van der Waals surface area contributed by atoms with E-state index in [4.69, 9.17) is 14.2 Å².